The number of Topliss-reactive ketones (excluding diaryl/α,β-unsaturated/α-hetero) is 1. The number of ether oxygens (including phenoxy) is 1. The number of halogens is 2. The molecule has 0 radical (unpaired) electrons. The number of anilines is 1. The van der Waals surface area contributed by atoms with Crippen molar-refractivity contribution in [1.82, 2.24) is 4.90 Å². The molecule has 0 aromatic heterocycles. The Morgan fingerprint density at radius 3 is 2.71 bits per heavy atom. The Morgan fingerprint density at radius 2 is 2.00 bits per heavy atom. The third-order valence-corrected chi connectivity index (χ3v) is 8.69. The summed E-state index contributed by atoms with van der Waals surface area (Å²) in [5, 5.41) is 9.77. The number of aliphatic imine (C=N–C) groups is 1. The maximum absolute atomic E-state index is 14.4. The van der Waals surface area contributed by atoms with Gasteiger partial charge in [-0.15, -0.1) is 0 Å². The molecule has 1 unspecified atom stereocenters. The number of unbranched alkanes of at least 4 members (excludes halogenated alkanes) is 2. The van der Waals surface area contributed by atoms with Crippen molar-refractivity contribution < 1.29 is 19.0 Å². The van der Waals surface area contributed by atoms with Crippen LogP contribution in [0.25, 0.3) is 0 Å². The van der Waals surface area contributed by atoms with Gasteiger partial charge in [0.15, 0.2) is 5.78 Å². The molecule has 2 fully saturated rings. The predicted octanol–water partition coefficient (Wildman–Crippen LogP) is 6.16. The van der Waals surface area contributed by atoms with Crippen LogP contribution in [0.5, 0.6) is 0 Å². The van der Waals surface area contributed by atoms with Crippen LogP contribution in [0.15, 0.2) is 46.7 Å². The van der Waals surface area contributed by atoms with Crippen molar-refractivity contribution in [2.24, 2.45) is 10.7 Å². The van der Waals surface area contributed by atoms with Crippen LogP contribution < -0.4 is 10.6 Å². The quantitative estimate of drug-likeness (QED) is 0.220. The van der Waals surface area contributed by atoms with E-state index in [4.69, 9.17) is 27.2 Å². The summed E-state index contributed by atoms with van der Waals surface area (Å²) in [4.78, 5) is 21.8. The van der Waals surface area contributed by atoms with Crippen LogP contribution in [0.2, 0.25) is 5.02 Å². The fourth-order valence-corrected chi connectivity index (χ4v) is 5.98. The molecule has 1 saturated carbocycles. The van der Waals surface area contributed by atoms with Crippen molar-refractivity contribution in [3.63, 3.8) is 0 Å². The molecule has 1 aliphatic carbocycles. The van der Waals surface area contributed by atoms with E-state index in [0.717, 1.165) is 81.0 Å². The Bertz CT molecular complexity index is 1100. The molecule has 7 nitrogen and oxygen atoms in total. The first-order chi connectivity index (χ1) is 20.2. The summed E-state index contributed by atoms with van der Waals surface area (Å²) in [5.74, 6) is 0.0997. The van der Waals surface area contributed by atoms with Gasteiger partial charge in [-0.2, -0.15) is 0 Å². The minimum Gasteiger partial charge on any atom is -0.397 e. The number of allylic oxidation sites excluding steroid dienone is 1. The van der Waals surface area contributed by atoms with Gasteiger partial charge in [0, 0.05) is 61.0 Å². The zero-order valence-corrected chi connectivity index (χ0v) is 26.3. The van der Waals surface area contributed by atoms with E-state index in [1.165, 1.54) is 5.69 Å². The number of aliphatic hydroxyl groups excluding tert-OH is 1. The molecule has 1 aromatic rings. The zero-order chi connectivity index (χ0) is 30.5. The number of alkyl halides is 1. The second kappa shape index (κ2) is 17.6. The number of hydrogen-bond donors (Lipinski definition) is 2. The number of nitrogens with zero attached hydrogens (tertiary/aromatic N) is 3. The van der Waals surface area contributed by atoms with Gasteiger partial charge in [0.1, 0.15) is 6.17 Å². The van der Waals surface area contributed by atoms with Gasteiger partial charge in [-0.05, 0) is 69.6 Å². The summed E-state index contributed by atoms with van der Waals surface area (Å²) in [6, 6.07) is 6.04. The van der Waals surface area contributed by atoms with Crippen LogP contribution >= 0.6 is 11.6 Å². The minimum atomic E-state index is -0.971. The van der Waals surface area contributed by atoms with Gasteiger partial charge in [0.2, 0.25) is 0 Å². The first-order valence-corrected chi connectivity index (χ1v) is 16.0. The Labute approximate surface area is 256 Å². The summed E-state index contributed by atoms with van der Waals surface area (Å²) < 4.78 is 20.1. The summed E-state index contributed by atoms with van der Waals surface area (Å²) in [6.07, 6.45) is 6.19. The van der Waals surface area contributed by atoms with Crippen LogP contribution in [0.1, 0.15) is 76.7 Å². The largest absolute Gasteiger partial charge is 0.397 e. The Kier molecular flexibility index (Phi) is 14.3. The molecule has 0 amide bonds. The molecule has 2 aliphatic rings. The molecule has 0 bridgehead atoms. The SMILES string of the molecule is C=C(/C(N)=C1\CC(F)CCC1=NCC(=O)CCCCCN(CCC)c1cccc(Cl)c1C)N1CCC(OCCO)CC1. The molecule has 42 heavy (non-hydrogen) atoms. The van der Waals surface area contributed by atoms with Crippen molar-refractivity contribution in [2.45, 2.75) is 90.3 Å². The number of likely N-dealkylation sites (tertiary alicyclic amines) is 1. The Hall–Kier alpha value is -2.42. The van der Waals surface area contributed by atoms with Gasteiger partial charge in [0.25, 0.3) is 0 Å². The monoisotopic (exact) mass is 604 g/mol. The fraction of sp³-hybridized carbons (Fsp3) is 0.636. The fourth-order valence-electron chi connectivity index (χ4n) is 5.81. The lowest BCUT2D eigenvalue weighted by Crippen LogP contribution is -2.38. The van der Waals surface area contributed by atoms with E-state index in [1.54, 1.807) is 0 Å². The topological polar surface area (TPSA) is 91.4 Å². The zero-order valence-electron chi connectivity index (χ0n) is 25.6. The molecule has 3 rings (SSSR count). The van der Waals surface area contributed by atoms with Crippen molar-refractivity contribution >= 4 is 28.8 Å². The third kappa shape index (κ3) is 10.1. The Morgan fingerprint density at radius 1 is 1.24 bits per heavy atom. The van der Waals surface area contributed by atoms with Crippen molar-refractivity contribution in [1.29, 1.82) is 0 Å². The van der Waals surface area contributed by atoms with E-state index in [2.05, 4.69) is 41.3 Å². The van der Waals surface area contributed by atoms with Crippen LogP contribution in [-0.2, 0) is 9.53 Å². The number of hydrogen-bond acceptors (Lipinski definition) is 7. The highest BCUT2D eigenvalue weighted by Gasteiger charge is 2.27. The van der Waals surface area contributed by atoms with Crippen LogP contribution in [0.4, 0.5) is 10.1 Å². The average Bonchev–Trinajstić information content (AvgIpc) is 2.99. The summed E-state index contributed by atoms with van der Waals surface area (Å²) in [5.41, 5.74) is 11.4. The summed E-state index contributed by atoms with van der Waals surface area (Å²) in [6.45, 7) is 12.3. The molecule has 1 saturated heterocycles. The molecule has 234 valence electrons. The predicted molar refractivity (Wildman–Crippen MR) is 171 cm³/mol. The molecule has 3 N–H and O–H groups in total. The first kappa shape index (κ1) is 34.1. The molecule has 1 heterocycles. The summed E-state index contributed by atoms with van der Waals surface area (Å²) >= 11 is 6.35. The maximum Gasteiger partial charge on any atom is 0.154 e. The molecule has 9 heteroatoms. The molecular weight excluding hydrogens is 555 g/mol. The summed E-state index contributed by atoms with van der Waals surface area (Å²) in [7, 11) is 0. The van der Waals surface area contributed by atoms with Gasteiger partial charge < -0.3 is 25.4 Å². The van der Waals surface area contributed by atoms with Gasteiger partial charge >= 0.3 is 0 Å². The number of carbonyl (C=O) groups is 1. The molecule has 0 spiro atoms. The molecule has 1 aromatic carbocycles. The number of aliphatic hydroxyl groups is 1. The van der Waals surface area contributed by atoms with Crippen molar-refractivity contribution in [3.05, 3.63) is 52.3 Å². The molecule has 1 aliphatic heterocycles. The lowest BCUT2D eigenvalue weighted by Gasteiger charge is -2.35. The van der Waals surface area contributed by atoms with Gasteiger partial charge in [-0.1, -0.05) is 37.6 Å². The van der Waals surface area contributed by atoms with E-state index in [1.807, 2.05) is 12.1 Å². The van der Waals surface area contributed by atoms with E-state index >= 15 is 0 Å². The van der Waals surface area contributed by atoms with Crippen LogP contribution in [-0.4, -0.2) is 79.7 Å². The minimum absolute atomic E-state index is 0.0172. The van der Waals surface area contributed by atoms with Crippen molar-refractivity contribution in [3.8, 4) is 0 Å². The highest BCUT2D eigenvalue weighted by atomic mass is 35.5. The second-order valence-corrected chi connectivity index (χ2v) is 11.9. The first-order valence-electron chi connectivity index (χ1n) is 15.6. The lowest BCUT2D eigenvalue weighted by atomic mass is 9.89. The van der Waals surface area contributed by atoms with Crippen LogP contribution in [0, 0.1) is 6.92 Å². The average molecular weight is 605 g/mol. The van der Waals surface area contributed by atoms with Gasteiger partial charge in [-0.3, -0.25) is 9.79 Å². The van der Waals surface area contributed by atoms with Crippen molar-refractivity contribution in [2.75, 3.05) is 50.8 Å². The second-order valence-electron chi connectivity index (χ2n) is 11.4. The third-order valence-electron chi connectivity index (χ3n) is 8.28. The van der Waals surface area contributed by atoms with E-state index < -0.39 is 6.17 Å². The van der Waals surface area contributed by atoms with Gasteiger partial charge in [0.05, 0.1) is 37.3 Å². The number of benzene rings is 1. The van der Waals surface area contributed by atoms with E-state index in [0.29, 0.717) is 42.8 Å². The number of rotatable bonds is 16. The van der Waals surface area contributed by atoms with E-state index in [9.17, 15) is 9.18 Å². The molecular formula is C33H50ClFN4O3. The van der Waals surface area contributed by atoms with Crippen LogP contribution in [0.3, 0.4) is 0 Å². The number of ketones is 1. The standard InChI is InChI=1S/C33H50ClFN4O3/c1-4-16-39(32-11-8-10-30(34)24(32)2)17-7-5-6-9-27(41)23-37-31-13-12-26(35)22-29(31)33(36)25(3)38-18-14-28(15-19-38)42-21-20-40/h8,10-11,26,28,40H,3-7,9,12-23,36H2,1-2H3/b33-29-,37-31?. The lowest BCUT2D eigenvalue weighted by molar-refractivity contribution is -0.117. The number of piperidine rings is 1. The smallest absolute Gasteiger partial charge is 0.154 e. The maximum atomic E-state index is 14.4. The number of carbonyl (C=O) groups excluding carboxylic acids is 1. The highest BCUT2D eigenvalue weighted by Crippen LogP contribution is 2.30. The Balaban J connectivity index is 1.49. The normalized spacial score (nSPS) is 20.2. The van der Waals surface area contributed by atoms with E-state index in [-0.39, 0.29) is 31.5 Å². The highest BCUT2D eigenvalue weighted by molar-refractivity contribution is 6.31. The van der Waals surface area contributed by atoms with Gasteiger partial charge in [-0.25, -0.2) is 4.39 Å². The molecule has 1 atom stereocenters. The number of nitrogens with two attached hydrogens (primary N) is 1.